The van der Waals surface area contributed by atoms with Crippen LogP contribution in [-0.4, -0.2) is 14.2 Å². The van der Waals surface area contributed by atoms with Gasteiger partial charge in [0, 0.05) is 13.5 Å². The fraction of sp³-hybridized carbons (Fsp3) is 0.333. The lowest BCUT2D eigenvalue weighted by molar-refractivity contribution is 0.408. The van der Waals surface area contributed by atoms with E-state index in [1.807, 2.05) is 25.2 Å². The van der Waals surface area contributed by atoms with Crippen molar-refractivity contribution >= 4 is 0 Å². The van der Waals surface area contributed by atoms with E-state index in [-0.39, 0.29) is 1.43 Å². The summed E-state index contributed by atoms with van der Waals surface area (Å²) >= 11 is 0. The van der Waals surface area contributed by atoms with Gasteiger partial charge in [-0.3, -0.25) is 0 Å². The first-order valence-corrected chi connectivity index (χ1v) is 3.65. The molecule has 2 nitrogen and oxygen atoms in total. The molecular weight excluding hydrogens is 138 g/mol. The Morgan fingerprint density at radius 3 is 2.82 bits per heavy atom. The van der Waals surface area contributed by atoms with E-state index in [0.29, 0.717) is 0 Å². The van der Waals surface area contributed by atoms with Gasteiger partial charge < -0.3 is 10.1 Å². The minimum Gasteiger partial charge on any atom is -0.496 e. The Labute approximate surface area is 68.7 Å². The highest BCUT2D eigenvalue weighted by molar-refractivity contribution is 5.32. The Kier molecular flexibility index (Phi) is 2.93. The van der Waals surface area contributed by atoms with Gasteiger partial charge >= 0.3 is 0 Å². The summed E-state index contributed by atoms with van der Waals surface area (Å²) in [6.45, 7) is 0.851. The molecular formula is C9H15NO. The van der Waals surface area contributed by atoms with Crippen LogP contribution < -0.4 is 10.1 Å². The Hall–Kier alpha value is -1.02. The molecule has 0 saturated carbocycles. The molecule has 1 rings (SSSR count). The van der Waals surface area contributed by atoms with Crippen LogP contribution in [0.5, 0.6) is 5.75 Å². The number of methoxy groups -OCH3 is 1. The molecule has 0 unspecified atom stereocenters. The SMILES string of the molecule is CNCc1ccccc1OC.[HH]. The van der Waals surface area contributed by atoms with E-state index in [1.165, 1.54) is 5.56 Å². The summed E-state index contributed by atoms with van der Waals surface area (Å²) in [4.78, 5) is 0. The predicted molar refractivity (Wildman–Crippen MR) is 47.9 cm³/mol. The topological polar surface area (TPSA) is 21.3 Å². The van der Waals surface area contributed by atoms with Crippen molar-refractivity contribution in [3.63, 3.8) is 0 Å². The lowest BCUT2D eigenvalue weighted by Crippen LogP contribution is -2.06. The second-order valence-electron chi connectivity index (χ2n) is 2.34. The number of ether oxygens (including phenoxy) is 1. The van der Waals surface area contributed by atoms with Crippen LogP contribution in [0.25, 0.3) is 0 Å². The monoisotopic (exact) mass is 153 g/mol. The third-order valence-corrected chi connectivity index (χ3v) is 1.56. The Morgan fingerprint density at radius 2 is 2.18 bits per heavy atom. The van der Waals surface area contributed by atoms with Gasteiger partial charge in [0.15, 0.2) is 0 Å². The van der Waals surface area contributed by atoms with Crippen molar-refractivity contribution in [3.05, 3.63) is 29.8 Å². The number of hydrogen-bond donors (Lipinski definition) is 1. The summed E-state index contributed by atoms with van der Waals surface area (Å²) in [6.07, 6.45) is 0. The second kappa shape index (κ2) is 3.98. The fourth-order valence-electron chi connectivity index (χ4n) is 1.04. The molecule has 0 atom stereocenters. The molecule has 0 saturated heterocycles. The zero-order valence-electron chi connectivity index (χ0n) is 6.92. The molecule has 11 heavy (non-hydrogen) atoms. The molecule has 0 amide bonds. The van der Waals surface area contributed by atoms with Crippen LogP contribution in [0.2, 0.25) is 0 Å². The van der Waals surface area contributed by atoms with Crippen LogP contribution in [0.1, 0.15) is 6.99 Å². The maximum Gasteiger partial charge on any atom is 0.123 e. The molecule has 0 aliphatic heterocycles. The molecule has 0 spiro atoms. The standard InChI is InChI=1S/C9H13NO.H2/c1-10-7-8-5-3-4-6-9(8)11-2;/h3-6,10H,7H2,1-2H3;1H. The van der Waals surface area contributed by atoms with Crippen molar-refractivity contribution < 1.29 is 6.16 Å². The van der Waals surface area contributed by atoms with Crippen LogP contribution in [0, 0.1) is 0 Å². The average molecular weight is 153 g/mol. The van der Waals surface area contributed by atoms with Gasteiger partial charge in [0.1, 0.15) is 5.75 Å². The van der Waals surface area contributed by atoms with E-state index >= 15 is 0 Å². The van der Waals surface area contributed by atoms with E-state index in [2.05, 4.69) is 11.4 Å². The van der Waals surface area contributed by atoms with Crippen LogP contribution in [0.3, 0.4) is 0 Å². The number of nitrogens with one attached hydrogen (secondary N) is 1. The molecule has 1 aromatic rings. The summed E-state index contributed by atoms with van der Waals surface area (Å²) in [5.74, 6) is 0.946. The normalized spacial score (nSPS) is 9.64. The average Bonchev–Trinajstić information content (AvgIpc) is 2.06. The molecule has 0 fully saturated rings. The van der Waals surface area contributed by atoms with Crippen molar-refractivity contribution in [2.75, 3.05) is 14.2 Å². The third-order valence-electron chi connectivity index (χ3n) is 1.56. The molecule has 0 aliphatic carbocycles. The largest absolute Gasteiger partial charge is 0.496 e. The van der Waals surface area contributed by atoms with Gasteiger partial charge in [-0.2, -0.15) is 0 Å². The number of benzene rings is 1. The highest BCUT2D eigenvalue weighted by atomic mass is 16.5. The van der Waals surface area contributed by atoms with Gasteiger partial charge in [0.05, 0.1) is 7.11 Å². The fourth-order valence-corrected chi connectivity index (χ4v) is 1.04. The molecule has 0 radical (unpaired) electrons. The van der Waals surface area contributed by atoms with Gasteiger partial charge in [-0.25, -0.2) is 0 Å². The van der Waals surface area contributed by atoms with Gasteiger partial charge in [0.25, 0.3) is 0 Å². The van der Waals surface area contributed by atoms with Crippen molar-refractivity contribution in [2.24, 2.45) is 0 Å². The molecule has 0 heterocycles. The van der Waals surface area contributed by atoms with Crippen molar-refractivity contribution in [1.82, 2.24) is 5.32 Å². The first kappa shape index (κ1) is 8.08. The zero-order chi connectivity index (χ0) is 8.10. The smallest absolute Gasteiger partial charge is 0.123 e. The molecule has 0 bridgehead atoms. The van der Waals surface area contributed by atoms with E-state index in [1.54, 1.807) is 7.11 Å². The highest BCUT2D eigenvalue weighted by Crippen LogP contribution is 2.16. The Balaban J connectivity index is 0.00000121. The van der Waals surface area contributed by atoms with Crippen molar-refractivity contribution in [3.8, 4) is 5.75 Å². The second-order valence-corrected chi connectivity index (χ2v) is 2.34. The Morgan fingerprint density at radius 1 is 1.45 bits per heavy atom. The van der Waals surface area contributed by atoms with E-state index in [0.717, 1.165) is 12.3 Å². The molecule has 62 valence electrons. The van der Waals surface area contributed by atoms with Crippen LogP contribution in [0.15, 0.2) is 24.3 Å². The quantitative estimate of drug-likeness (QED) is 0.713. The van der Waals surface area contributed by atoms with Crippen molar-refractivity contribution in [2.45, 2.75) is 6.54 Å². The number of hydrogen-bond acceptors (Lipinski definition) is 2. The third kappa shape index (κ3) is 1.95. The van der Waals surface area contributed by atoms with E-state index in [9.17, 15) is 0 Å². The van der Waals surface area contributed by atoms with E-state index < -0.39 is 0 Å². The maximum atomic E-state index is 5.16. The summed E-state index contributed by atoms with van der Waals surface area (Å²) in [7, 11) is 3.61. The zero-order valence-corrected chi connectivity index (χ0v) is 6.92. The van der Waals surface area contributed by atoms with Gasteiger partial charge in [-0.15, -0.1) is 0 Å². The Bertz CT molecular complexity index is 228. The number of para-hydroxylation sites is 1. The molecule has 2 heteroatoms. The molecule has 0 aromatic heterocycles. The maximum absolute atomic E-state index is 5.16. The van der Waals surface area contributed by atoms with Gasteiger partial charge in [0.2, 0.25) is 0 Å². The molecule has 1 aromatic carbocycles. The summed E-state index contributed by atoms with van der Waals surface area (Å²) in [5, 5.41) is 3.08. The van der Waals surface area contributed by atoms with Crippen molar-refractivity contribution in [1.29, 1.82) is 0 Å². The summed E-state index contributed by atoms with van der Waals surface area (Å²) in [5.41, 5.74) is 1.19. The van der Waals surface area contributed by atoms with Crippen LogP contribution in [-0.2, 0) is 6.54 Å². The lowest BCUT2D eigenvalue weighted by atomic mass is 10.2. The summed E-state index contributed by atoms with van der Waals surface area (Å²) in [6, 6.07) is 8.00. The lowest BCUT2D eigenvalue weighted by Gasteiger charge is -2.06. The minimum absolute atomic E-state index is 0. The van der Waals surface area contributed by atoms with Crippen LogP contribution in [0.4, 0.5) is 0 Å². The molecule has 0 aliphatic rings. The van der Waals surface area contributed by atoms with Gasteiger partial charge in [-0.1, -0.05) is 18.2 Å². The first-order chi connectivity index (χ1) is 5.38. The van der Waals surface area contributed by atoms with E-state index in [4.69, 9.17) is 4.74 Å². The summed E-state index contributed by atoms with van der Waals surface area (Å²) < 4.78 is 5.16. The van der Waals surface area contributed by atoms with Gasteiger partial charge in [-0.05, 0) is 13.1 Å². The molecule has 1 N–H and O–H groups in total. The van der Waals surface area contributed by atoms with Crippen LogP contribution >= 0.6 is 0 Å². The number of rotatable bonds is 3. The minimum atomic E-state index is 0. The highest BCUT2D eigenvalue weighted by Gasteiger charge is 1.97. The predicted octanol–water partition coefficient (Wildman–Crippen LogP) is 1.66. The first-order valence-electron chi connectivity index (χ1n) is 3.65.